The number of nitrogens with zero attached hydrogens (tertiary/aromatic N) is 4. The number of hydrogen-bond acceptors (Lipinski definition) is 5. The average Bonchev–Trinajstić information content (AvgIpc) is 3.14. The Morgan fingerprint density at radius 1 is 1.14 bits per heavy atom. The summed E-state index contributed by atoms with van der Waals surface area (Å²) in [6.07, 6.45) is 0. The summed E-state index contributed by atoms with van der Waals surface area (Å²) in [6.45, 7) is 1.85. The summed E-state index contributed by atoms with van der Waals surface area (Å²) in [5, 5.41) is 16.8. The Morgan fingerprint density at radius 2 is 1.93 bits per heavy atom. The van der Waals surface area contributed by atoms with E-state index in [-0.39, 0.29) is 17.5 Å². The van der Waals surface area contributed by atoms with Crippen LogP contribution in [0, 0.1) is 12.7 Å². The molecule has 0 saturated heterocycles. The van der Waals surface area contributed by atoms with Gasteiger partial charge in [0.2, 0.25) is 5.91 Å². The highest BCUT2D eigenvalue weighted by atomic mass is 35.5. The van der Waals surface area contributed by atoms with E-state index >= 15 is 0 Å². The molecule has 0 radical (unpaired) electrons. The number of amides is 1. The first kappa shape index (κ1) is 19.4. The molecule has 29 heavy (non-hydrogen) atoms. The number of nitrogens with one attached hydrogen (secondary N) is 1. The Balaban J connectivity index is 1.49. The van der Waals surface area contributed by atoms with Crippen molar-refractivity contribution in [3.05, 3.63) is 71.0 Å². The lowest BCUT2D eigenvalue weighted by molar-refractivity contribution is -0.113. The van der Waals surface area contributed by atoms with Gasteiger partial charge in [0.25, 0.3) is 0 Å². The first-order valence-corrected chi connectivity index (χ1v) is 10.0. The van der Waals surface area contributed by atoms with Crippen molar-refractivity contribution in [3.63, 3.8) is 0 Å². The number of carbonyl (C=O) groups excluding carboxylic acids is 1. The summed E-state index contributed by atoms with van der Waals surface area (Å²) in [6, 6.07) is 14.9. The van der Waals surface area contributed by atoms with E-state index < -0.39 is 0 Å². The molecule has 4 aromatic rings. The molecule has 1 amide bonds. The van der Waals surface area contributed by atoms with Crippen LogP contribution in [0.25, 0.3) is 17.0 Å². The zero-order valence-corrected chi connectivity index (χ0v) is 16.8. The van der Waals surface area contributed by atoms with Gasteiger partial charge in [-0.25, -0.2) is 4.39 Å². The Bertz CT molecular complexity index is 1200. The van der Waals surface area contributed by atoms with Gasteiger partial charge in [-0.2, -0.15) is 9.61 Å². The maximum Gasteiger partial charge on any atom is 0.234 e. The highest BCUT2D eigenvalue weighted by Crippen LogP contribution is 2.24. The molecule has 2 aromatic carbocycles. The van der Waals surface area contributed by atoms with Crippen LogP contribution in [-0.2, 0) is 4.79 Å². The van der Waals surface area contributed by atoms with Gasteiger partial charge >= 0.3 is 0 Å². The maximum atomic E-state index is 13.2. The topological polar surface area (TPSA) is 72.2 Å². The summed E-state index contributed by atoms with van der Waals surface area (Å²) >= 11 is 7.38. The van der Waals surface area contributed by atoms with Gasteiger partial charge in [0, 0.05) is 16.3 Å². The molecule has 1 N–H and O–H groups in total. The molecule has 4 rings (SSSR count). The van der Waals surface area contributed by atoms with Gasteiger partial charge in [0.1, 0.15) is 10.8 Å². The second-order valence-corrected chi connectivity index (χ2v) is 7.62. The molecular formula is C20H15ClFN5OS. The number of rotatable bonds is 5. The molecule has 0 aliphatic carbocycles. The molecule has 2 heterocycles. The summed E-state index contributed by atoms with van der Waals surface area (Å²) in [4.78, 5) is 12.3. The number of hydrogen-bond donors (Lipinski definition) is 1. The average molecular weight is 428 g/mol. The lowest BCUT2D eigenvalue weighted by Crippen LogP contribution is -2.15. The fourth-order valence-electron chi connectivity index (χ4n) is 2.70. The highest BCUT2D eigenvalue weighted by molar-refractivity contribution is 7.99. The van der Waals surface area contributed by atoms with Crippen molar-refractivity contribution in [1.82, 2.24) is 19.8 Å². The first-order chi connectivity index (χ1) is 14.0. The molecular weight excluding hydrogens is 413 g/mol. The second kappa shape index (κ2) is 8.18. The molecule has 0 fully saturated rings. The zero-order valence-electron chi connectivity index (χ0n) is 15.3. The normalized spacial score (nSPS) is 11.0. The first-order valence-electron chi connectivity index (χ1n) is 8.67. The molecule has 2 aromatic heterocycles. The fourth-order valence-corrected chi connectivity index (χ4v) is 3.53. The van der Waals surface area contributed by atoms with Crippen LogP contribution in [0.4, 0.5) is 10.1 Å². The van der Waals surface area contributed by atoms with Crippen molar-refractivity contribution >= 4 is 40.6 Å². The number of carbonyl (C=O) groups is 1. The Labute approximate surface area is 175 Å². The smallest absolute Gasteiger partial charge is 0.234 e. The Hall–Kier alpha value is -2.97. The predicted molar refractivity (Wildman–Crippen MR) is 112 cm³/mol. The van der Waals surface area contributed by atoms with Crippen molar-refractivity contribution in [1.29, 1.82) is 0 Å². The van der Waals surface area contributed by atoms with E-state index in [9.17, 15) is 9.18 Å². The number of aromatic nitrogens is 4. The highest BCUT2D eigenvalue weighted by Gasteiger charge is 2.12. The Kier molecular flexibility index (Phi) is 5.46. The van der Waals surface area contributed by atoms with Crippen LogP contribution in [0.1, 0.15) is 5.56 Å². The summed E-state index contributed by atoms with van der Waals surface area (Å²) in [5.41, 5.74) is 2.76. The third kappa shape index (κ3) is 4.23. The largest absolute Gasteiger partial charge is 0.325 e. The summed E-state index contributed by atoms with van der Waals surface area (Å²) in [5.74, 6) is 0.192. The molecule has 0 aliphatic rings. The zero-order chi connectivity index (χ0) is 20.4. The molecule has 0 bridgehead atoms. The van der Waals surface area contributed by atoms with Crippen molar-refractivity contribution in [3.8, 4) is 11.4 Å². The van der Waals surface area contributed by atoms with Crippen molar-refractivity contribution in [2.45, 2.75) is 11.9 Å². The van der Waals surface area contributed by atoms with Crippen LogP contribution in [0.5, 0.6) is 0 Å². The molecule has 146 valence electrons. The monoisotopic (exact) mass is 427 g/mol. The van der Waals surface area contributed by atoms with Crippen molar-refractivity contribution in [2.24, 2.45) is 0 Å². The van der Waals surface area contributed by atoms with Crippen LogP contribution < -0.4 is 5.32 Å². The quantitative estimate of drug-likeness (QED) is 0.470. The molecule has 0 atom stereocenters. The van der Waals surface area contributed by atoms with Crippen LogP contribution in [0.2, 0.25) is 5.02 Å². The van der Waals surface area contributed by atoms with E-state index in [4.69, 9.17) is 11.6 Å². The SMILES string of the molecule is Cc1c(Cl)cccc1NC(=O)CSc1ccc2nnc(-c3ccc(F)cc3)n2n1. The van der Waals surface area contributed by atoms with E-state index in [1.807, 2.05) is 6.92 Å². The summed E-state index contributed by atoms with van der Waals surface area (Å²) in [7, 11) is 0. The third-order valence-electron chi connectivity index (χ3n) is 4.23. The molecule has 0 saturated carbocycles. The van der Waals surface area contributed by atoms with Crippen LogP contribution in [0.15, 0.2) is 59.6 Å². The maximum absolute atomic E-state index is 13.2. The van der Waals surface area contributed by atoms with E-state index in [1.165, 1.54) is 23.9 Å². The van der Waals surface area contributed by atoms with Gasteiger partial charge in [-0.1, -0.05) is 29.4 Å². The molecule has 6 nitrogen and oxygen atoms in total. The summed E-state index contributed by atoms with van der Waals surface area (Å²) < 4.78 is 14.8. The third-order valence-corrected chi connectivity index (χ3v) is 5.56. The second-order valence-electron chi connectivity index (χ2n) is 6.22. The number of thioether (sulfide) groups is 1. The van der Waals surface area contributed by atoms with Gasteiger partial charge in [0.15, 0.2) is 11.5 Å². The van der Waals surface area contributed by atoms with E-state index in [2.05, 4.69) is 20.6 Å². The van der Waals surface area contributed by atoms with Crippen molar-refractivity contribution in [2.75, 3.05) is 11.1 Å². The van der Waals surface area contributed by atoms with E-state index in [1.54, 1.807) is 47.0 Å². The number of anilines is 1. The van der Waals surface area contributed by atoms with E-state index in [0.717, 1.165) is 5.56 Å². The molecule has 0 aliphatic heterocycles. The van der Waals surface area contributed by atoms with Crippen molar-refractivity contribution < 1.29 is 9.18 Å². The van der Waals surface area contributed by atoms with Gasteiger partial charge in [-0.05, 0) is 61.0 Å². The molecule has 0 unspecified atom stereocenters. The van der Waals surface area contributed by atoms with Gasteiger partial charge in [-0.15, -0.1) is 10.2 Å². The van der Waals surface area contributed by atoms with E-state index in [0.29, 0.717) is 32.8 Å². The van der Waals surface area contributed by atoms with Crippen LogP contribution in [0.3, 0.4) is 0 Å². The molecule has 0 spiro atoms. The molecule has 9 heteroatoms. The number of benzene rings is 2. The van der Waals surface area contributed by atoms with Gasteiger partial charge in [0.05, 0.1) is 5.75 Å². The van der Waals surface area contributed by atoms with Crippen LogP contribution >= 0.6 is 23.4 Å². The van der Waals surface area contributed by atoms with Gasteiger partial charge < -0.3 is 5.32 Å². The fraction of sp³-hybridized carbons (Fsp3) is 0.100. The number of halogens is 2. The van der Waals surface area contributed by atoms with Gasteiger partial charge in [-0.3, -0.25) is 4.79 Å². The minimum Gasteiger partial charge on any atom is -0.325 e. The Morgan fingerprint density at radius 3 is 2.72 bits per heavy atom. The minimum absolute atomic E-state index is 0.162. The minimum atomic E-state index is -0.326. The van der Waals surface area contributed by atoms with Crippen LogP contribution in [-0.4, -0.2) is 31.5 Å². The standard InChI is InChI=1S/C20H15ClFN5OS/c1-12-15(21)3-2-4-16(12)23-18(28)11-29-19-10-9-17-24-25-20(27(17)26-19)13-5-7-14(22)8-6-13/h2-10H,11H2,1H3,(H,23,28). The number of fused-ring (bicyclic) bond motifs is 1. The lowest BCUT2D eigenvalue weighted by Gasteiger charge is -2.09. The predicted octanol–water partition coefficient (Wildman–Crippen LogP) is 4.62. The lowest BCUT2D eigenvalue weighted by atomic mass is 10.2.